The number of carbonyl (C=O) groups excluding carboxylic acids is 1. The van der Waals surface area contributed by atoms with Crippen molar-refractivity contribution in [3.63, 3.8) is 0 Å². The number of amides is 1. The van der Waals surface area contributed by atoms with Gasteiger partial charge in [0.25, 0.3) is 5.91 Å². The second kappa shape index (κ2) is 14.2. The smallest absolute Gasteiger partial charge is 0.272 e. The Kier molecular flexibility index (Phi) is 10.1. The molecule has 4 heterocycles. The summed E-state index contributed by atoms with van der Waals surface area (Å²) in [4.78, 5) is 28.8. The number of halogens is 2. The number of hydrogen-bond donors (Lipinski definition) is 2. The predicted octanol–water partition coefficient (Wildman–Crippen LogP) is 5.82. The third-order valence-electron chi connectivity index (χ3n) is 8.36. The van der Waals surface area contributed by atoms with Crippen molar-refractivity contribution in [3.8, 4) is 11.5 Å². The Hall–Kier alpha value is -4.91. The molecule has 2 atom stereocenters. The minimum atomic E-state index is -0.819. The van der Waals surface area contributed by atoms with Gasteiger partial charge in [-0.25, -0.2) is 18.7 Å². The molecule has 0 radical (unpaired) electrons. The molecule has 2 N–H and O–H groups in total. The van der Waals surface area contributed by atoms with Crippen LogP contribution >= 0.6 is 0 Å². The van der Waals surface area contributed by atoms with E-state index in [1.54, 1.807) is 37.3 Å². The molecule has 248 valence electrons. The van der Waals surface area contributed by atoms with Gasteiger partial charge in [0.05, 0.1) is 26.2 Å². The number of anilines is 1. The van der Waals surface area contributed by atoms with E-state index in [0.717, 1.165) is 17.2 Å². The van der Waals surface area contributed by atoms with Gasteiger partial charge in [0.1, 0.15) is 28.5 Å². The average Bonchev–Trinajstić information content (AvgIpc) is 3.54. The molecule has 11 nitrogen and oxygen atoms in total. The first kappa shape index (κ1) is 33.5. The molecule has 1 aliphatic rings. The molecule has 1 saturated heterocycles. The van der Waals surface area contributed by atoms with Crippen molar-refractivity contribution in [2.45, 2.75) is 65.6 Å². The number of pyridine rings is 1. The van der Waals surface area contributed by atoms with Crippen molar-refractivity contribution >= 4 is 28.4 Å². The second-order valence-electron chi connectivity index (χ2n) is 11.2. The van der Waals surface area contributed by atoms with E-state index in [1.165, 1.54) is 16.8 Å². The number of ether oxygens (including phenoxy) is 2. The van der Waals surface area contributed by atoms with Crippen LogP contribution in [0, 0.1) is 18.6 Å². The van der Waals surface area contributed by atoms with Gasteiger partial charge in [-0.15, -0.1) is 5.10 Å². The largest absolute Gasteiger partial charge is 0.497 e. The molecule has 0 unspecified atom stereocenters. The Morgan fingerprint density at radius 3 is 2.55 bits per heavy atom. The number of hydrogen-bond acceptors (Lipinski definition) is 9. The van der Waals surface area contributed by atoms with Gasteiger partial charge in [-0.1, -0.05) is 13.8 Å². The van der Waals surface area contributed by atoms with E-state index in [2.05, 4.69) is 15.3 Å². The number of carbonyl (C=O) groups is 1. The van der Waals surface area contributed by atoms with Gasteiger partial charge in [-0.2, -0.15) is 4.52 Å². The lowest BCUT2D eigenvalue weighted by Crippen LogP contribution is -2.45. The maximum absolute atomic E-state index is 15.0. The van der Waals surface area contributed by atoms with Gasteiger partial charge >= 0.3 is 0 Å². The zero-order chi connectivity index (χ0) is 33.8. The summed E-state index contributed by atoms with van der Waals surface area (Å²) in [5.74, 6) is -0.182. The summed E-state index contributed by atoms with van der Waals surface area (Å²) >= 11 is 0. The third kappa shape index (κ3) is 6.66. The fourth-order valence-corrected chi connectivity index (χ4v) is 5.73. The highest BCUT2D eigenvalue weighted by Crippen LogP contribution is 2.32. The van der Waals surface area contributed by atoms with E-state index >= 15 is 4.39 Å². The van der Waals surface area contributed by atoms with Crippen LogP contribution in [0.1, 0.15) is 72.5 Å². The summed E-state index contributed by atoms with van der Waals surface area (Å²) < 4.78 is 41.7. The lowest BCUT2D eigenvalue weighted by molar-refractivity contribution is 0.0600. The van der Waals surface area contributed by atoms with E-state index in [0.29, 0.717) is 48.0 Å². The van der Waals surface area contributed by atoms with Crippen LogP contribution in [-0.4, -0.2) is 67.3 Å². The van der Waals surface area contributed by atoms with Crippen LogP contribution in [-0.2, 0) is 13.2 Å². The third-order valence-corrected chi connectivity index (χ3v) is 8.36. The fraction of sp³-hybridized carbons (Fsp3) is 0.382. The first-order valence-corrected chi connectivity index (χ1v) is 15.6. The number of nitrogens with one attached hydrogen (secondary N) is 1. The van der Waals surface area contributed by atoms with E-state index in [-0.39, 0.29) is 53.5 Å². The van der Waals surface area contributed by atoms with Crippen molar-refractivity contribution in [2.75, 3.05) is 26.1 Å². The Morgan fingerprint density at radius 2 is 1.85 bits per heavy atom. The fourth-order valence-electron chi connectivity index (χ4n) is 5.73. The van der Waals surface area contributed by atoms with Gasteiger partial charge in [-0.3, -0.25) is 9.78 Å². The summed E-state index contributed by atoms with van der Waals surface area (Å²) in [6, 6.07) is 9.01. The Morgan fingerprint density at radius 1 is 1.06 bits per heavy atom. The number of aliphatic hydroxyl groups excluding tert-OH is 1. The monoisotopic (exact) mass is 647 g/mol. The Bertz CT molecular complexity index is 1920. The van der Waals surface area contributed by atoms with Crippen molar-refractivity contribution < 1.29 is 28.2 Å². The van der Waals surface area contributed by atoms with Gasteiger partial charge < -0.3 is 24.8 Å². The van der Waals surface area contributed by atoms with Gasteiger partial charge in [0, 0.05) is 48.9 Å². The molecule has 0 bridgehead atoms. The van der Waals surface area contributed by atoms with Crippen molar-refractivity contribution in [3.05, 3.63) is 82.4 Å². The number of likely N-dealkylation sites (tertiary alicyclic amines) is 1. The number of benzene rings is 2. The summed E-state index contributed by atoms with van der Waals surface area (Å²) in [5, 5.41) is 17.7. The number of aryl methyl sites for hydroxylation is 1. The zero-order valence-electron chi connectivity index (χ0n) is 27.3. The number of fused-ring (bicyclic) bond motifs is 3. The molecule has 0 aliphatic carbocycles. The number of nitrogens with zero attached hydrogens (tertiary/aromatic N) is 6. The molecule has 0 saturated carbocycles. The van der Waals surface area contributed by atoms with E-state index in [4.69, 9.17) is 19.6 Å². The maximum Gasteiger partial charge on any atom is 0.272 e. The molecule has 1 fully saturated rings. The molecule has 1 amide bonds. The number of aromatic nitrogens is 5. The van der Waals surface area contributed by atoms with Crippen LogP contribution in [0.5, 0.6) is 11.5 Å². The van der Waals surface area contributed by atoms with Crippen LogP contribution < -0.4 is 14.8 Å². The van der Waals surface area contributed by atoms with Gasteiger partial charge in [-0.05, 0) is 62.1 Å². The lowest BCUT2D eigenvalue weighted by atomic mass is 9.92. The molecular weight excluding hydrogens is 608 g/mol. The van der Waals surface area contributed by atoms with Crippen LogP contribution in [0.15, 0.2) is 42.6 Å². The molecular formula is C34H39F2N7O4. The first-order valence-electron chi connectivity index (χ1n) is 15.6. The number of piperidine rings is 1. The van der Waals surface area contributed by atoms with Crippen LogP contribution in [0.2, 0.25) is 0 Å². The van der Waals surface area contributed by atoms with Crippen LogP contribution in [0.4, 0.5) is 14.7 Å². The van der Waals surface area contributed by atoms with E-state index in [1.807, 2.05) is 33.8 Å². The number of aliphatic hydroxyl groups is 1. The topological polar surface area (TPSA) is 127 Å². The summed E-state index contributed by atoms with van der Waals surface area (Å²) in [5.41, 5.74) is 2.72. The molecule has 2 aromatic carbocycles. The molecule has 5 aromatic rings. The average molecular weight is 648 g/mol. The molecule has 47 heavy (non-hydrogen) atoms. The van der Waals surface area contributed by atoms with Gasteiger partial charge in [0.15, 0.2) is 17.3 Å². The minimum absolute atomic E-state index is 0.0473. The summed E-state index contributed by atoms with van der Waals surface area (Å²) in [7, 11) is 3.12. The van der Waals surface area contributed by atoms with E-state index in [9.17, 15) is 14.3 Å². The van der Waals surface area contributed by atoms with Gasteiger partial charge in [0.2, 0.25) is 5.95 Å². The lowest BCUT2D eigenvalue weighted by Gasteiger charge is -2.37. The second-order valence-corrected chi connectivity index (χ2v) is 11.2. The van der Waals surface area contributed by atoms with Crippen LogP contribution in [0.25, 0.3) is 16.6 Å². The van der Waals surface area contributed by atoms with Crippen LogP contribution in [0.3, 0.4) is 0 Å². The SMILES string of the molecule is CC.COc1ccc(CNc2nc3c(F)cc(F)cc3c3nc([C@@H]4CC[C@H](C)N(C(=O)c5cc(C)c(CO)cn5)C4)nn23)c(OC)c1. The summed E-state index contributed by atoms with van der Waals surface area (Å²) in [6.45, 7) is 8.24. The van der Waals surface area contributed by atoms with Crippen molar-refractivity contribution in [1.82, 2.24) is 29.5 Å². The standard InChI is InChI=1S/C32H33F2N7O4.C2H6/c1-17-9-26(35-14-21(17)16-42)31(43)40-15-20(6-5-18(40)2)29-38-30-24-10-22(33)11-25(34)28(24)37-32(41(30)39-29)36-13-19-7-8-23(44-3)12-27(19)45-4;1-2/h7-12,14,18,20,42H,5-6,13,15-16H2,1-4H3,(H,36,37);1-2H3/t18-,20+;/m0./s1. The highest BCUT2D eigenvalue weighted by atomic mass is 19.1. The Balaban J connectivity index is 0.00000213. The molecule has 0 spiro atoms. The van der Waals surface area contributed by atoms with Crippen molar-refractivity contribution in [2.24, 2.45) is 0 Å². The molecule has 1 aliphatic heterocycles. The van der Waals surface area contributed by atoms with Crippen molar-refractivity contribution in [1.29, 1.82) is 0 Å². The molecule has 13 heteroatoms. The number of methoxy groups -OCH3 is 2. The minimum Gasteiger partial charge on any atom is -0.497 e. The maximum atomic E-state index is 15.0. The summed E-state index contributed by atoms with van der Waals surface area (Å²) in [6.07, 6.45) is 2.92. The predicted molar refractivity (Wildman–Crippen MR) is 174 cm³/mol. The number of rotatable bonds is 8. The highest BCUT2D eigenvalue weighted by molar-refractivity contribution is 5.93. The quantitative estimate of drug-likeness (QED) is 0.214. The Labute approximate surface area is 271 Å². The van der Waals surface area contributed by atoms with E-state index < -0.39 is 11.6 Å². The molecule has 6 rings (SSSR count). The highest BCUT2D eigenvalue weighted by Gasteiger charge is 2.33. The normalized spacial score (nSPS) is 16.1. The first-order chi connectivity index (χ1) is 22.7. The zero-order valence-corrected chi connectivity index (χ0v) is 27.3. The molecule has 3 aromatic heterocycles.